The molecule has 0 saturated carbocycles. The van der Waals surface area contributed by atoms with Gasteiger partial charge >= 0.3 is 5.97 Å². The van der Waals surface area contributed by atoms with Crippen molar-refractivity contribution in [2.75, 3.05) is 6.61 Å². The van der Waals surface area contributed by atoms with Crippen molar-refractivity contribution in [1.82, 2.24) is 5.06 Å². The number of hydrogen-bond acceptors (Lipinski definition) is 5. The Morgan fingerprint density at radius 1 is 0.963 bits per heavy atom. The number of aryl methyl sites for hydroxylation is 3. The molecule has 27 heavy (non-hydrogen) atoms. The van der Waals surface area contributed by atoms with E-state index in [0.29, 0.717) is 24.5 Å². The van der Waals surface area contributed by atoms with Crippen LogP contribution in [-0.2, 0) is 38.5 Å². The molecule has 0 aromatic heterocycles. The van der Waals surface area contributed by atoms with Crippen molar-refractivity contribution < 1.29 is 24.0 Å². The zero-order valence-corrected chi connectivity index (χ0v) is 16.5. The van der Waals surface area contributed by atoms with Crippen LogP contribution >= 0.6 is 0 Å². The van der Waals surface area contributed by atoms with E-state index >= 15 is 0 Å². The fourth-order valence-electron chi connectivity index (χ4n) is 3.09. The first kappa shape index (κ1) is 20.9. The van der Waals surface area contributed by atoms with Crippen LogP contribution in [0.2, 0.25) is 0 Å². The first-order chi connectivity index (χ1) is 13.0. The van der Waals surface area contributed by atoms with Crippen molar-refractivity contribution in [1.29, 1.82) is 0 Å². The molecule has 1 fully saturated rings. The zero-order valence-electron chi connectivity index (χ0n) is 16.5. The molecular weight excluding hydrogens is 346 g/mol. The van der Waals surface area contributed by atoms with E-state index in [1.807, 2.05) is 0 Å². The molecule has 1 saturated heterocycles. The maximum absolute atomic E-state index is 11.8. The highest BCUT2D eigenvalue weighted by atomic mass is 16.7. The second kappa shape index (κ2) is 10.1. The SMILES string of the molecule is CCc1cc(CC)c(OCCCCC(=O)ON2C(=O)CCC2=O)c(CC)c1. The van der Waals surface area contributed by atoms with E-state index in [2.05, 4.69) is 32.9 Å². The molecule has 0 unspecified atom stereocenters. The number of ether oxygens (including phenoxy) is 1. The van der Waals surface area contributed by atoms with E-state index in [1.54, 1.807) is 0 Å². The van der Waals surface area contributed by atoms with Gasteiger partial charge in [-0.05, 0) is 48.8 Å². The number of unbranched alkanes of at least 4 members (excludes halogenated alkanes) is 1. The lowest BCUT2D eigenvalue weighted by Gasteiger charge is -2.16. The van der Waals surface area contributed by atoms with Gasteiger partial charge in [0.2, 0.25) is 0 Å². The van der Waals surface area contributed by atoms with Crippen molar-refractivity contribution in [2.24, 2.45) is 0 Å². The van der Waals surface area contributed by atoms with Gasteiger partial charge in [-0.25, -0.2) is 4.79 Å². The smallest absolute Gasteiger partial charge is 0.333 e. The van der Waals surface area contributed by atoms with Gasteiger partial charge in [-0.1, -0.05) is 32.9 Å². The van der Waals surface area contributed by atoms with E-state index in [4.69, 9.17) is 9.57 Å². The quantitative estimate of drug-likeness (QED) is 0.462. The standard InChI is InChI=1S/C21H29NO5/c1-4-15-13-16(5-2)21(17(6-3)14-15)26-12-8-7-9-20(25)27-22-18(23)10-11-19(22)24/h13-14H,4-12H2,1-3H3. The summed E-state index contributed by atoms with van der Waals surface area (Å²) in [6, 6.07) is 4.41. The van der Waals surface area contributed by atoms with Gasteiger partial charge in [0, 0.05) is 19.3 Å². The van der Waals surface area contributed by atoms with Crippen LogP contribution in [0.15, 0.2) is 12.1 Å². The maximum Gasteiger partial charge on any atom is 0.333 e. The zero-order chi connectivity index (χ0) is 19.8. The second-order valence-electron chi connectivity index (χ2n) is 6.65. The Balaban J connectivity index is 1.79. The topological polar surface area (TPSA) is 72.9 Å². The summed E-state index contributed by atoms with van der Waals surface area (Å²) in [5, 5.41) is 0.592. The summed E-state index contributed by atoms with van der Waals surface area (Å²) >= 11 is 0. The largest absolute Gasteiger partial charge is 0.493 e. The van der Waals surface area contributed by atoms with E-state index in [1.165, 1.54) is 16.7 Å². The molecule has 6 heteroatoms. The number of imide groups is 1. The molecule has 1 aromatic rings. The third-order valence-corrected chi connectivity index (χ3v) is 4.69. The van der Waals surface area contributed by atoms with Gasteiger partial charge in [0.1, 0.15) is 5.75 Å². The average molecular weight is 375 g/mol. The van der Waals surface area contributed by atoms with Crippen molar-refractivity contribution in [3.8, 4) is 5.75 Å². The number of amides is 2. The monoisotopic (exact) mass is 375 g/mol. The fraction of sp³-hybridized carbons (Fsp3) is 0.571. The van der Waals surface area contributed by atoms with Crippen molar-refractivity contribution in [3.63, 3.8) is 0 Å². The van der Waals surface area contributed by atoms with Gasteiger partial charge in [-0.15, -0.1) is 5.06 Å². The maximum atomic E-state index is 11.8. The minimum absolute atomic E-state index is 0.107. The van der Waals surface area contributed by atoms with Crippen LogP contribution < -0.4 is 4.74 Å². The average Bonchev–Trinajstić information content (AvgIpc) is 2.99. The summed E-state index contributed by atoms with van der Waals surface area (Å²) in [4.78, 5) is 39.5. The molecule has 6 nitrogen and oxygen atoms in total. The van der Waals surface area contributed by atoms with Gasteiger partial charge in [0.25, 0.3) is 11.8 Å². The number of nitrogens with zero attached hydrogens (tertiary/aromatic N) is 1. The summed E-state index contributed by atoms with van der Waals surface area (Å²) in [6.45, 7) is 6.91. The van der Waals surface area contributed by atoms with Gasteiger partial charge in [0.05, 0.1) is 6.61 Å². The lowest BCUT2D eigenvalue weighted by atomic mass is 9.99. The molecule has 0 atom stereocenters. The fourth-order valence-corrected chi connectivity index (χ4v) is 3.09. The third kappa shape index (κ3) is 5.55. The lowest BCUT2D eigenvalue weighted by molar-refractivity contribution is -0.197. The van der Waals surface area contributed by atoms with E-state index in [0.717, 1.165) is 25.0 Å². The van der Waals surface area contributed by atoms with Crippen LogP contribution in [0, 0.1) is 0 Å². The first-order valence-corrected chi connectivity index (χ1v) is 9.84. The van der Waals surface area contributed by atoms with Gasteiger partial charge < -0.3 is 9.57 Å². The van der Waals surface area contributed by atoms with Crippen LogP contribution in [0.3, 0.4) is 0 Å². The van der Waals surface area contributed by atoms with E-state index in [9.17, 15) is 14.4 Å². The summed E-state index contributed by atoms with van der Waals surface area (Å²) in [6.07, 6.45) is 4.47. The van der Waals surface area contributed by atoms with Crippen LogP contribution in [0.5, 0.6) is 5.75 Å². The summed E-state index contributed by atoms with van der Waals surface area (Å²) in [5.41, 5.74) is 3.76. The predicted molar refractivity (Wildman–Crippen MR) is 101 cm³/mol. The lowest BCUT2D eigenvalue weighted by Crippen LogP contribution is -2.31. The molecule has 0 N–H and O–H groups in total. The Morgan fingerprint density at radius 2 is 1.56 bits per heavy atom. The molecule has 0 spiro atoms. The van der Waals surface area contributed by atoms with Gasteiger partial charge in [-0.2, -0.15) is 0 Å². The normalized spacial score (nSPS) is 14.0. The molecule has 1 aliphatic heterocycles. The highest BCUT2D eigenvalue weighted by molar-refractivity contribution is 6.01. The molecule has 148 valence electrons. The molecule has 0 radical (unpaired) electrons. The summed E-state index contributed by atoms with van der Waals surface area (Å²) < 4.78 is 6.03. The van der Waals surface area contributed by atoms with Crippen molar-refractivity contribution in [3.05, 3.63) is 28.8 Å². The van der Waals surface area contributed by atoms with E-state index in [-0.39, 0.29) is 19.3 Å². The van der Waals surface area contributed by atoms with Gasteiger partial charge in [0.15, 0.2) is 0 Å². The van der Waals surface area contributed by atoms with Crippen LogP contribution in [0.1, 0.15) is 69.6 Å². The first-order valence-electron chi connectivity index (χ1n) is 9.84. The summed E-state index contributed by atoms with van der Waals surface area (Å²) in [7, 11) is 0. The predicted octanol–water partition coefficient (Wildman–Crippen LogP) is 3.53. The van der Waals surface area contributed by atoms with Gasteiger partial charge in [-0.3, -0.25) is 9.59 Å². The highest BCUT2D eigenvalue weighted by Crippen LogP contribution is 2.28. The van der Waals surface area contributed by atoms with E-state index < -0.39 is 17.8 Å². The Morgan fingerprint density at radius 3 is 2.07 bits per heavy atom. The van der Waals surface area contributed by atoms with Crippen LogP contribution in [0.4, 0.5) is 0 Å². The summed E-state index contributed by atoms with van der Waals surface area (Å²) in [5.74, 6) is -0.500. The number of rotatable bonds is 10. The Labute approximate surface area is 160 Å². The number of hydrogen-bond donors (Lipinski definition) is 0. The molecule has 1 aromatic carbocycles. The highest BCUT2D eigenvalue weighted by Gasteiger charge is 2.32. The molecule has 1 aliphatic rings. The van der Waals surface area contributed by atoms with Crippen molar-refractivity contribution in [2.45, 2.75) is 72.1 Å². The van der Waals surface area contributed by atoms with Crippen LogP contribution in [0.25, 0.3) is 0 Å². The molecule has 2 rings (SSSR count). The van der Waals surface area contributed by atoms with Crippen molar-refractivity contribution >= 4 is 17.8 Å². The number of carbonyl (C=O) groups excluding carboxylic acids is 3. The molecule has 0 aliphatic carbocycles. The number of benzene rings is 1. The molecular formula is C21H29NO5. The van der Waals surface area contributed by atoms with Crippen LogP contribution in [-0.4, -0.2) is 29.5 Å². The third-order valence-electron chi connectivity index (χ3n) is 4.69. The molecule has 0 bridgehead atoms. The Kier molecular flexibility index (Phi) is 7.82. The number of carbonyl (C=O) groups is 3. The molecule has 1 heterocycles. The minimum atomic E-state index is -0.561. The second-order valence-corrected chi connectivity index (χ2v) is 6.65. The number of hydroxylamine groups is 2. The molecule has 2 amide bonds. The Bertz CT molecular complexity index is 657. The minimum Gasteiger partial charge on any atom is -0.493 e. The Hall–Kier alpha value is -2.37.